The van der Waals surface area contributed by atoms with E-state index in [1.165, 1.54) is 24.2 Å². The highest BCUT2D eigenvalue weighted by molar-refractivity contribution is 5.55. The van der Waals surface area contributed by atoms with Crippen LogP contribution in [0, 0.1) is 0 Å². The molecule has 1 saturated heterocycles. The van der Waals surface area contributed by atoms with E-state index in [0.717, 1.165) is 13.1 Å². The van der Waals surface area contributed by atoms with Gasteiger partial charge < -0.3 is 9.88 Å². The molecular weight excluding hydrogens is 164 g/mol. The number of anilines is 1. The Morgan fingerprint density at radius 3 is 2.85 bits per heavy atom. The van der Waals surface area contributed by atoms with Crippen molar-refractivity contribution in [3.8, 4) is 0 Å². The Morgan fingerprint density at radius 1 is 1.31 bits per heavy atom. The molecule has 4 rings (SSSR count). The van der Waals surface area contributed by atoms with Crippen molar-refractivity contribution in [3.63, 3.8) is 0 Å². The van der Waals surface area contributed by atoms with Gasteiger partial charge in [-0.1, -0.05) is 0 Å². The fourth-order valence-electron chi connectivity index (χ4n) is 2.48. The van der Waals surface area contributed by atoms with E-state index in [0.29, 0.717) is 5.92 Å². The molecule has 3 nitrogen and oxygen atoms in total. The summed E-state index contributed by atoms with van der Waals surface area (Å²) in [6.45, 7) is 2.31. The second-order valence-electron chi connectivity index (χ2n) is 3.88. The van der Waals surface area contributed by atoms with Crippen molar-refractivity contribution >= 4 is 5.69 Å². The molecule has 3 aliphatic rings. The highest BCUT2D eigenvalue weighted by Crippen LogP contribution is 2.39. The maximum absolute atomic E-state index is 11.1. The van der Waals surface area contributed by atoms with Crippen molar-refractivity contribution < 1.29 is 0 Å². The van der Waals surface area contributed by atoms with E-state index in [9.17, 15) is 4.79 Å². The fraction of sp³-hybridized carbons (Fsp3) is 0.500. The van der Waals surface area contributed by atoms with Gasteiger partial charge in [-0.15, -0.1) is 0 Å². The minimum Gasteiger partial charge on any atom is -0.370 e. The van der Waals surface area contributed by atoms with Crippen LogP contribution in [0.4, 0.5) is 5.69 Å². The highest BCUT2D eigenvalue weighted by Gasteiger charge is 2.30. The van der Waals surface area contributed by atoms with Crippen molar-refractivity contribution in [2.24, 2.45) is 0 Å². The lowest BCUT2D eigenvalue weighted by Gasteiger charge is -2.41. The Labute approximate surface area is 76.4 Å². The number of nitrogens with one attached hydrogen (secondary N) is 1. The van der Waals surface area contributed by atoms with E-state index in [4.69, 9.17) is 0 Å². The molecule has 13 heavy (non-hydrogen) atoms. The summed E-state index contributed by atoms with van der Waals surface area (Å²) in [5.41, 5.74) is 2.46. The zero-order chi connectivity index (χ0) is 8.84. The van der Waals surface area contributed by atoms with Gasteiger partial charge in [-0.2, -0.15) is 0 Å². The summed E-state index contributed by atoms with van der Waals surface area (Å²) in [6.07, 6.45) is 2.40. The van der Waals surface area contributed by atoms with Gasteiger partial charge in [0.05, 0.1) is 5.69 Å². The fourth-order valence-corrected chi connectivity index (χ4v) is 2.48. The summed E-state index contributed by atoms with van der Waals surface area (Å²) in [5.74, 6) is 0.605. The molecule has 0 aliphatic carbocycles. The Bertz CT molecular complexity index is 388. The molecule has 4 heterocycles. The molecule has 0 aromatic carbocycles. The Hall–Kier alpha value is -1.25. The summed E-state index contributed by atoms with van der Waals surface area (Å²) in [4.78, 5) is 16.5. The van der Waals surface area contributed by atoms with Crippen LogP contribution in [0.5, 0.6) is 0 Å². The van der Waals surface area contributed by atoms with Crippen LogP contribution in [0.1, 0.15) is 24.5 Å². The van der Waals surface area contributed by atoms with E-state index >= 15 is 0 Å². The van der Waals surface area contributed by atoms with Crippen molar-refractivity contribution in [1.29, 1.82) is 0 Å². The predicted molar refractivity (Wildman–Crippen MR) is 51.3 cm³/mol. The van der Waals surface area contributed by atoms with Gasteiger partial charge in [0.25, 0.3) is 0 Å². The minimum atomic E-state index is 0.0347. The summed E-state index contributed by atoms with van der Waals surface area (Å²) < 4.78 is 0. The van der Waals surface area contributed by atoms with Crippen molar-refractivity contribution in [2.45, 2.75) is 18.8 Å². The third-order valence-corrected chi connectivity index (χ3v) is 3.17. The number of pyridine rings is 1. The number of hydrogen-bond donors (Lipinski definition) is 1. The van der Waals surface area contributed by atoms with E-state index in [2.05, 4.69) is 9.88 Å². The molecule has 0 amide bonds. The Morgan fingerprint density at radius 2 is 2.08 bits per heavy atom. The summed E-state index contributed by atoms with van der Waals surface area (Å²) >= 11 is 0. The third-order valence-electron chi connectivity index (χ3n) is 3.17. The number of fused-ring (bicyclic) bond motifs is 2. The van der Waals surface area contributed by atoms with Gasteiger partial charge in [-0.3, -0.25) is 4.79 Å². The van der Waals surface area contributed by atoms with Crippen molar-refractivity contribution in [2.75, 3.05) is 18.0 Å². The quantitative estimate of drug-likeness (QED) is 0.642. The second kappa shape index (κ2) is 2.37. The van der Waals surface area contributed by atoms with E-state index < -0.39 is 0 Å². The average molecular weight is 176 g/mol. The number of hydrogen-bond acceptors (Lipinski definition) is 2. The van der Waals surface area contributed by atoms with Gasteiger partial charge >= 0.3 is 0 Å². The first kappa shape index (κ1) is 7.18. The van der Waals surface area contributed by atoms with Gasteiger partial charge in [0.1, 0.15) is 0 Å². The van der Waals surface area contributed by atoms with E-state index in [-0.39, 0.29) is 5.56 Å². The molecule has 68 valence electrons. The zero-order valence-electron chi connectivity index (χ0n) is 7.42. The van der Waals surface area contributed by atoms with Gasteiger partial charge in [0, 0.05) is 30.8 Å². The van der Waals surface area contributed by atoms with Gasteiger partial charge in [-0.25, -0.2) is 0 Å². The zero-order valence-corrected chi connectivity index (χ0v) is 7.42. The maximum atomic E-state index is 11.1. The predicted octanol–water partition coefficient (Wildman–Crippen LogP) is 1.07. The van der Waals surface area contributed by atoms with Crippen molar-refractivity contribution in [1.82, 2.24) is 4.98 Å². The molecule has 1 N–H and O–H groups in total. The van der Waals surface area contributed by atoms with Crippen LogP contribution in [-0.2, 0) is 0 Å². The summed E-state index contributed by atoms with van der Waals surface area (Å²) in [6, 6.07) is 3.58. The molecule has 0 atom stereocenters. The van der Waals surface area contributed by atoms with Gasteiger partial charge in [0.2, 0.25) is 5.56 Å². The van der Waals surface area contributed by atoms with Crippen LogP contribution >= 0.6 is 0 Å². The monoisotopic (exact) mass is 176 g/mol. The molecule has 3 aliphatic heterocycles. The number of H-pyrrole nitrogens is 1. The normalized spacial score (nSPS) is 20.5. The second-order valence-corrected chi connectivity index (χ2v) is 3.88. The smallest absolute Gasteiger partial charge is 0.248 e. The van der Waals surface area contributed by atoms with Gasteiger partial charge in [-0.05, 0) is 18.9 Å². The molecule has 1 aromatic rings. The van der Waals surface area contributed by atoms with Crippen LogP contribution in [0.2, 0.25) is 0 Å². The Balaban J connectivity index is 2.23. The topological polar surface area (TPSA) is 36.1 Å². The molecule has 0 unspecified atom stereocenters. The van der Waals surface area contributed by atoms with Crippen LogP contribution in [0.25, 0.3) is 0 Å². The molecule has 3 heteroatoms. The van der Waals surface area contributed by atoms with Crippen LogP contribution in [0.15, 0.2) is 16.9 Å². The lowest BCUT2D eigenvalue weighted by atomic mass is 9.87. The largest absolute Gasteiger partial charge is 0.370 e. The molecule has 0 spiro atoms. The molecule has 0 saturated carbocycles. The van der Waals surface area contributed by atoms with Crippen LogP contribution < -0.4 is 10.5 Å². The number of aromatic nitrogens is 1. The first-order chi connectivity index (χ1) is 6.34. The molecule has 2 bridgehead atoms. The molecule has 1 fully saturated rings. The average Bonchev–Trinajstić information content (AvgIpc) is 2.19. The third kappa shape index (κ3) is 0.930. The van der Waals surface area contributed by atoms with E-state index in [1.54, 1.807) is 6.07 Å². The maximum Gasteiger partial charge on any atom is 0.248 e. The van der Waals surface area contributed by atoms with Crippen molar-refractivity contribution in [3.05, 3.63) is 28.2 Å². The highest BCUT2D eigenvalue weighted by atomic mass is 16.1. The Kier molecular flexibility index (Phi) is 1.31. The first-order valence-corrected chi connectivity index (χ1v) is 4.83. The van der Waals surface area contributed by atoms with Gasteiger partial charge in [0.15, 0.2) is 0 Å². The number of nitrogens with zero attached hydrogens (tertiary/aromatic N) is 1. The first-order valence-electron chi connectivity index (χ1n) is 4.83. The molecule has 1 aromatic heterocycles. The molecular formula is C10H12N2O. The van der Waals surface area contributed by atoms with Crippen LogP contribution in [0.3, 0.4) is 0 Å². The number of aromatic amines is 1. The number of rotatable bonds is 0. The van der Waals surface area contributed by atoms with E-state index in [1.807, 2.05) is 6.07 Å². The summed E-state index contributed by atoms with van der Waals surface area (Å²) in [5, 5.41) is 0. The number of piperidine rings is 1. The lowest BCUT2D eigenvalue weighted by molar-refractivity contribution is 0.463. The van der Waals surface area contributed by atoms with Crippen LogP contribution in [-0.4, -0.2) is 18.1 Å². The standard InChI is InChI=1S/C10H12N2O/c13-9-2-1-8-10(11-9)7-3-5-12(8)6-4-7/h1-2,7H,3-6H2,(H,11,13). The lowest BCUT2D eigenvalue weighted by Crippen LogP contribution is -2.40. The summed E-state index contributed by atoms with van der Waals surface area (Å²) in [7, 11) is 0. The molecule has 0 radical (unpaired) electrons. The minimum absolute atomic E-state index is 0.0347. The SMILES string of the molecule is O=c1ccc2c([nH]1)C1CCN2CC1.